The van der Waals surface area contributed by atoms with E-state index in [-0.39, 0.29) is 35.7 Å². The van der Waals surface area contributed by atoms with Gasteiger partial charge in [-0.1, -0.05) is 54.4 Å². The molecule has 3 rings (SSSR count). The van der Waals surface area contributed by atoms with E-state index in [1.165, 1.54) is 29.2 Å². The van der Waals surface area contributed by atoms with Crippen molar-refractivity contribution < 1.29 is 22.7 Å². The van der Waals surface area contributed by atoms with Crippen LogP contribution in [-0.4, -0.2) is 50.4 Å². The van der Waals surface area contributed by atoms with Crippen LogP contribution in [0.15, 0.2) is 77.7 Å². The van der Waals surface area contributed by atoms with E-state index < -0.39 is 28.5 Å². The Morgan fingerprint density at radius 1 is 0.927 bits per heavy atom. The summed E-state index contributed by atoms with van der Waals surface area (Å²) in [6, 6.07) is 18.2. The largest absolute Gasteiger partial charge is 0.492 e. The molecule has 8 nitrogen and oxygen atoms in total. The van der Waals surface area contributed by atoms with Gasteiger partial charge in [-0.25, -0.2) is 8.42 Å². The van der Waals surface area contributed by atoms with Gasteiger partial charge in [0.1, 0.15) is 18.3 Å². The number of rotatable bonds is 13. The molecule has 11 heteroatoms. The van der Waals surface area contributed by atoms with Gasteiger partial charge in [0, 0.05) is 22.6 Å². The van der Waals surface area contributed by atoms with Gasteiger partial charge in [0.25, 0.3) is 10.0 Å². The number of para-hydroxylation sites is 2. The van der Waals surface area contributed by atoms with Gasteiger partial charge in [-0.05, 0) is 81.3 Å². The van der Waals surface area contributed by atoms with Gasteiger partial charge < -0.3 is 15.0 Å². The molecule has 0 aromatic heterocycles. The number of carbonyl (C=O) groups is 2. The van der Waals surface area contributed by atoms with Crippen molar-refractivity contribution in [2.24, 2.45) is 0 Å². The van der Waals surface area contributed by atoms with E-state index in [0.717, 1.165) is 4.31 Å². The predicted octanol–water partition coefficient (Wildman–Crippen LogP) is 5.92. The Hall–Kier alpha value is -3.27. The summed E-state index contributed by atoms with van der Waals surface area (Å²) in [4.78, 5) is 28.5. The normalized spacial score (nSPS) is 12.7. The molecule has 0 unspecified atom stereocenters. The average Bonchev–Trinajstić information content (AvgIpc) is 2.95. The van der Waals surface area contributed by atoms with Crippen LogP contribution >= 0.6 is 23.2 Å². The molecular weight excluding hydrogens is 585 g/mol. The fourth-order valence-electron chi connectivity index (χ4n) is 4.07. The maximum absolute atomic E-state index is 14.1. The highest BCUT2D eigenvalue weighted by Crippen LogP contribution is 2.33. The number of hydrogen-bond acceptors (Lipinski definition) is 5. The predicted molar refractivity (Wildman–Crippen MR) is 163 cm³/mol. The van der Waals surface area contributed by atoms with Crippen molar-refractivity contribution in [2.45, 2.75) is 57.6 Å². The molecule has 3 aromatic carbocycles. The highest BCUT2D eigenvalue weighted by molar-refractivity contribution is 7.92. The summed E-state index contributed by atoms with van der Waals surface area (Å²) in [5.74, 6) is -0.638. The molecule has 0 radical (unpaired) electrons. The third-order valence-corrected chi connectivity index (χ3v) is 8.79. The number of sulfonamides is 1. The summed E-state index contributed by atoms with van der Waals surface area (Å²) in [6.07, 6.45) is 0.710. The minimum atomic E-state index is -4.26. The molecule has 0 saturated heterocycles. The lowest BCUT2D eigenvalue weighted by Crippen LogP contribution is -2.52. The summed E-state index contributed by atoms with van der Waals surface area (Å²) >= 11 is 12.2. The Bertz CT molecular complexity index is 1450. The molecule has 0 aliphatic carbocycles. The molecule has 0 fully saturated rings. The lowest BCUT2D eigenvalue weighted by Gasteiger charge is -2.33. The summed E-state index contributed by atoms with van der Waals surface area (Å²) in [5, 5.41) is 3.76. The van der Waals surface area contributed by atoms with Crippen LogP contribution in [0.1, 0.15) is 39.7 Å². The van der Waals surface area contributed by atoms with Crippen LogP contribution in [0.5, 0.6) is 5.75 Å². The average molecular weight is 621 g/mol. The standard InChI is InChI=1S/C30H35Cl2N3O5S/c1-5-21(3)33-30(37)22(4)34(19-23-10-9-11-25(32)18-23)29(36)20-35(27-12-7-8-13-28(27)40-6-2)41(38,39)26-16-14-24(31)15-17-26/h7-18,21-22H,5-6,19-20H2,1-4H3,(H,33,37)/t21-,22+/m0/s1. The summed E-state index contributed by atoms with van der Waals surface area (Å²) < 4.78 is 34.8. The smallest absolute Gasteiger partial charge is 0.264 e. The molecule has 0 aliphatic rings. The van der Waals surface area contributed by atoms with Crippen molar-refractivity contribution in [3.8, 4) is 5.75 Å². The Labute approximate surface area is 252 Å². The summed E-state index contributed by atoms with van der Waals surface area (Å²) in [5.41, 5.74) is 0.882. The second kappa shape index (κ2) is 14.6. The molecule has 0 spiro atoms. The van der Waals surface area contributed by atoms with Gasteiger partial charge in [-0.15, -0.1) is 0 Å². The molecule has 2 atom stereocenters. The van der Waals surface area contributed by atoms with Gasteiger partial charge in [0.2, 0.25) is 11.8 Å². The number of anilines is 1. The van der Waals surface area contributed by atoms with Crippen molar-refractivity contribution in [2.75, 3.05) is 17.5 Å². The number of hydrogen-bond donors (Lipinski definition) is 1. The van der Waals surface area contributed by atoms with Gasteiger partial charge in [-0.3, -0.25) is 13.9 Å². The van der Waals surface area contributed by atoms with Crippen LogP contribution in [0.3, 0.4) is 0 Å². The topological polar surface area (TPSA) is 96.0 Å². The number of nitrogens with zero attached hydrogens (tertiary/aromatic N) is 2. The number of carbonyl (C=O) groups excluding carboxylic acids is 2. The van der Waals surface area contributed by atoms with Gasteiger partial charge in [0.05, 0.1) is 17.2 Å². The maximum atomic E-state index is 14.1. The molecule has 0 saturated carbocycles. The first kappa shape index (κ1) is 32.2. The van der Waals surface area contributed by atoms with E-state index in [0.29, 0.717) is 27.8 Å². The number of halogens is 2. The number of amides is 2. The van der Waals surface area contributed by atoms with Gasteiger partial charge in [0.15, 0.2) is 0 Å². The fraction of sp³-hybridized carbons (Fsp3) is 0.333. The monoisotopic (exact) mass is 619 g/mol. The van der Waals surface area contributed by atoms with E-state index in [2.05, 4.69) is 5.32 Å². The third-order valence-electron chi connectivity index (χ3n) is 6.52. The molecule has 0 heterocycles. The lowest BCUT2D eigenvalue weighted by atomic mass is 10.1. The van der Waals surface area contributed by atoms with E-state index >= 15 is 0 Å². The van der Waals surface area contributed by atoms with Crippen LogP contribution in [0.25, 0.3) is 0 Å². The second-order valence-corrected chi connectivity index (χ2v) is 12.2. The second-order valence-electron chi connectivity index (χ2n) is 9.51. The Morgan fingerprint density at radius 2 is 1.61 bits per heavy atom. The first-order valence-electron chi connectivity index (χ1n) is 13.3. The Balaban J connectivity index is 2.08. The maximum Gasteiger partial charge on any atom is 0.264 e. The number of benzene rings is 3. The quantitative estimate of drug-likeness (QED) is 0.256. The minimum Gasteiger partial charge on any atom is -0.492 e. The van der Waals surface area contributed by atoms with Gasteiger partial charge >= 0.3 is 0 Å². The lowest BCUT2D eigenvalue weighted by molar-refractivity contribution is -0.139. The van der Waals surface area contributed by atoms with Crippen molar-refractivity contribution in [3.05, 3.63) is 88.4 Å². The van der Waals surface area contributed by atoms with E-state index in [1.54, 1.807) is 62.4 Å². The number of ether oxygens (including phenoxy) is 1. The van der Waals surface area contributed by atoms with Crippen LogP contribution in [0.2, 0.25) is 10.0 Å². The first-order valence-corrected chi connectivity index (χ1v) is 15.5. The van der Waals surface area contributed by atoms with E-state index in [9.17, 15) is 18.0 Å². The Kier molecular flexibility index (Phi) is 11.5. The van der Waals surface area contributed by atoms with Crippen molar-refractivity contribution in [3.63, 3.8) is 0 Å². The van der Waals surface area contributed by atoms with Crippen molar-refractivity contribution in [1.82, 2.24) is 10.2 Å². The molecule has 1 N–H and O–H groups in total. The molecule has 3 aromatic rings. The van der Waals surface area contributed by atoms with E-state index in [4.69, 9.17) is 27.9 Å². The highest BCUT2D eigenvalue weighted by atomic mass is 35.5. The zero-order valence-electron chi connectivity index (χ0n) is 23.5. The van der Waals surface area contributed by atoms with E-state index in [1.807, 2.05) is 13.8 Å². The Morgan fingerprint density at radius 3 is 2.24 bits per heavy atom. The summed E-state index contributed by atoms with van der Waals surface area (Å²) in [6.45, 7) is 6.95. The number of nitrogens with one attached hydrogen (secondary N) is 1. The molecular formula is C30H35Cl2N3O5S. The van der Waals surface area contributed by atoms with Crippen LogP contribution in [-0.2, 0) is 26.2 Å². The highest BCUT2D eigenvalue weighted by Gasteiger charge is 2.34. The first-order chi connectivity index (χ1) is 19.5. The van der Waals surface area contributed by atoms with Crippen molar-refractivity contribution >= 4 is 50.7 Å². The molecule has 41 heavy (non-hydrogen) atoms. The zero-order valence-corrected chi connectivity index (χ0v) is 25.8. The minimum absolute atomic E-state index is 0.0381. The van der Waals surface area contributed by atoms with Crippen LogP contribution in [0, 0.1) is 0 Å². The molecule has 220 valence electrons. The van der Waals surface area contributed by atoms with Crippen LogP contribution < -0.4 is 14.4 Å². The van der Waals surface area contributed by atoms with Crippen LogP contribution in [0.4, 0.5) is 5.69 Å². The molecule has 2 amide bonds. The third kappa shape index (κ3) is 8.38. The van der Waals surface area contributed by atoms with Gasteiger partial charge in [-0.2, -0.15) is 0 Å². The SMILES string of the molecule is CCOc1ccccc1N(CC(=O)N(Cc1cccc(Cl)c1)[C@H](C)C(=O)N[C@@H](C)CC)S(=O)(=O)c1ccc(Cl)cc1. The summed E-state index contributed by atoms with van der Waals surface area (Å²) in [7, 11) is -4.26. The zero-order chi connectivity index (χ0) is 30.2. The molecule has 0 bridgehead atoms. The molecule has 0 aliphatic heterocycles. The fourth-order valence-corrected chi connectivity index (χ4v) is 5.83. The van der Waals surface area contributed by atoms with Crippen molar-refractivity contribution in [1.29, 1.82) is 0 Å².